The van der Waals surface area contributed by atoms with Crippen molar-refractivity contribution >= 4 is 12.1 Å². The summed E-state index contributed by atoms with van der Waals surface area (Å²) in [6.45, 7) is 1.67. The maximum Gasteiger partial charge on any atom is 0.413 e. The Morgan fingerprint density at radius 1 is 1.38 bits per heavy atom. The van der Waals surface area contributed by atoms with Gasteiger partial charge in [-0.25, -0.2) is 9.59 Å². The van der Waals surface area contributed by atoms with Crippen LogP contribution in [0.15, 0.2) is 30.3 Å². The summed E-state index contributed by atoms with van der Waals surface area (Å²) < 4.78 is 4.88. The molecule has 0 saturated heterocycles. The van der Waals surface area contributed by atoms with Gasteiger partial charge < -0.3 is 15.2 Å². The second-order valence-corrected chi connectivity index (χ2v) is 3.15. The zero-order valence-corrected chi connectivity index (χ0v) is 8.84. The van der Waals surface area contributed by atoms with Gasteiger partial charge in [-0.15, -0.1) is 0 Å². The largest absolute Gasteiger partial charge is 0.480 e. The number of hydrogen-bond acceptors (Lipinski definition) is 3. The number of aliphatic carboxylic acids is 1. The van der Waals surface area contributed by atoms with Crippen LogP contribution in [-0.4, -0.2) is 23.2 Å². The first-order chi connectivity index (χ1) is 7.63. The third-order valence-corrected chi connectivity index (χ3v) is 1.95. The summed E-state index contributed by atoms with van der Waals surface area (Å²) >= 11 is 0. The number of amides is 1. The Morgan fingerprint density at radius 2 is 2.00 bits per heavy atom. The molecule has 86 valence electrons. The minimum atomic E-state index is -1.08. The van der Waals surface area contributed by atoms with Crippen molar-refractivity contribution in [1.82, 2.24) is 5.32 Å². The number of ether oxygens (including phenoxy) is 1. The molecule has 0 aliphatic rings. The molecule has 2 N–H and O–H groups in total. The highest BCUT2D eigenvalue weighted by Crippen LogP contribution is 2.08. The third-order valence-electron chi connectivity index (χ3n) is 1.95. The van der Waals surface area contributed by atoms with Gasteiger partial charge in [0.05, 0.1) is 0 Å². The smallest absolute Gasteiger partial charge is 0.413 e. The second-order valence-electron chi connectivity index (χ2n) is 3.15. The Morgan fingerprint density at radius 3 is 2.50 bits per heavy atom. The summed E-state index contributed by atoms with van der Waals surface area (Å²) in [7, 11) is 0. The number of hydrogen-bond donors (Lipinski definition) is 2. The van der Waals surface area contributed by atoms with E-state index in [1.54, 1.807) is 37.3 Å². The Balaban J connectivity index is 2.50. The quantitative estimate of drug-likeness (QED) is 0.813. The van der Waals surface area contributed by atoms with Gasteiger partial charge >= 0.3 is 12.1 Å². The highest BCUT2D eigenvalue weighted by atomic mass is 16.6. The van der Waals surface area contributed by atoms with Crippen LogP contribution in [0.4, 0.5) is 4.79 Å². The molecule has 5 nitrogen and oxygen atoms in total. The van der Waals surface area contributed by atoms with Crippen molar-refractivity contribution in [3.8, 4) is 5.75 Å². The second kappa shape index (κ2) is 5.75. The van der Waals surface area contributed by atoms with E-state index in [-0.39, 0.29) is 0 Å². The molecular weight excluding hydrogens is 210 g/mol. The van der Waals surface area contributed by atoms with E-state index in [0.29, 0.717) is 12.2 Å². The molecule has 1 amide bonds. The van der Waals surface area contributed by atoms with Gasteiger partial charge in [-0.2, -0.15) is 0 Å². The Hall–Kier alpha value is -2.04. The lowest BCUT2D eigenvalue weighted by molar-refractivity contribution is -0.139. The molecule has 1 aromatic rings. The minimum Gasteiger partial charge on any atom is -0.480 e. The lowest BCUT2D eigenvalue weighted by Gasteiger charge is -2.11. The predicted octanol–water partition coefficient (Wildman–Crippen LogP) is 1.64. The molecule has 0 heterocycles. The molecule has 16 heavy (non-hydrogen) atoms. The van der Waals surface area contributed by atoms with E-state index in [1.807, 2.05) is 0 Å². The average Bonchev–Trinajstić information content (AvgIpc) is 2.27. The Bertz CT molecular complexity index is 364. The molecule has 0 bridgehead atoms. The molecule has 0 spiro atoms. The average molecular weight is 223 g/mol. The van der Waals surface area contributed by atoms with E-state index in [4.69, 9.17) is 9.84 Å². The standard InChI is InChI=1S/C11H13NO4/c1-2-9(10(13)14)12-11(15)16-8-6-4-3-5-7-8/h3-7,9H,2H2,1H3,(H,12,15)(H,13,14). The van der Waals surface area contributed by atoms with Crippen LogP contribution in [0.5, 0.6) is 5.75 Å². The highest BCUT2D eigenvalue weighted by Gasteiger charge is 2.18. The first-order valence-electron chi connectivity index (χ1n) is 4.89. The maximum atomic E-state index is 11.3. The first kappa shape index (κ1) is 12.0. The Labute approximate surface area is 93.0 Å². The van der Waals surface area contributed by atoms with Crippen LogP contribution in [0.2, 0.25) is 0 Å². The maximum absolute atomic E-state index is 11.3. The minimum absolute atomic E-state index is 0.305. The van der Waals surface area contributed by atoms with E-state index < -0.39 is 18.1 Å². The fraction of sp³-hybridized carbons (Fsp3) is 0.273. The number of carbonyl (C=O) groups excluding carboxylic acids is 1. The van der Waals surface area contributed by atoms with Crippen LogP contribution in [0.1, 0.15) is 13.3 Å². The predicted molar refractivity (Wildman–Crippen MR) is 57.3 cm³/mol. The number of carbonyl (C=O) groups is 2. The summed E-state index contributed by atoms with van der Waals surface area (Å²) in [5, 5.41) is 11.0. The van der Waals surface area contributed by atoms with Crippen LogP contribution in [0, 0.1) is 0 Å². The molecule has 0 aromatic heterocycles. The van der Waals surface area contributed by atoms with E-state index in [9.17, 15) is 9.59 Å². The van der Waals surface area contributed by atoms with Crippen molar-refractivity contribution < 1.29 is 19.4 Å². The molecule has 0 radical (unpaired) electrons. The molecule has 0 aliphatic heterocycles. The summed E-state index contributed by atoms with van der Waals surface area (Å²) in [5.41, 5.74) is 0. The zero-order chi connectivity index (χ0) is 12.0. The van der Waals surface area contributed by atoms with Crippen LogP contribution < -0.4 is 10.1 Å². The fourth-order valence-corrected chi connectivity index (χ4v) is 1.11. The number of rotatable bonds is 4. The fourth-order valence-electron chi connectivity index (χ4n) is 1.11. The Kier molecular flexibility index (Phi) is 4.32. The molecule has 0 fully saturated rings. The highest BCUT2D eigenvalue weighted by molar-refractivity contribution is 5.80. The van der Waals surface area contributed by atoms with E-state index >= 15 is 0 Å². The lowest BCUT2D eigenvalue weighted by atomic mass is 10.2. The van der Waals surface area contributed by atoms with E-state index in [1.165, 1.54) is 0 Å². The molecule has 1 aromatic carbocycles. The van der Waals surface area contributed by atoms with Crippen LogP contribution >= 0.6 is 0 Å². The molecule has 0 saturated carbocycles. The normalized spacial score (nSPS) is 11.6. The van der Waals surface area contributed by atoms with Gasteiger partial charge in [-0.3, -0.25) is 0 Å². The molecule has 5 heteroatoms. The molecule has 1 unspecified atom stereocenters. The summed E-state index contributed by atoms with van der Waals surface area (Å²) in [6, 6.07) is 7.53. The first-order valence-corrected chi connectivity index (χ1v) is 4.89. The van der Waals surface area contributed by atoms with E-state index in [0.717, 1.165) is 0 Å². The van der Waals surface area contributed by atoms with Crippen LogP contribution in [0.25, 0.3) is 0 Å². The monoisotopic (exact) mass is 223 g/mol. The van der Waals surface area contributed by atoms with Gasteiger partial charge in [0.15, 0.2) is 0 Å². The van der Waals surface area contributed by atoms with Crippen molar-refractivity contribution in [3.63, 3.8) is 0 Å². The molecule has 1 atom stereocenters. The van der Waals surface area contributed by atoms with E-state index in [2.05, 4.69) is 5.32 Å². The van der Waals surface area contributed by atoms with Crippen molar-refractivity contribution in [2.24, 2.45) is 0 Å². The van der Waals surface area contributed by atoms with Gasteiger partial charge in [0, 0.05) is 0 Å². The number of benzene rings is 1. The number of carboxylic acids is 1. The van der Waals surface area contributed by atoms with Gasteiger partial charge in [-0.05, 0) is 18.6 Å². The van der Waals surface area contributed by atoms with Crippen molar-refractivity contribution in [2.75, 3.05) is 0 Å². The molecule has 1 rings (SSSR count). The van der Waals surface area contributed by atoms with Gasteiger partial charge in [0.2, 0.25) is 0 Å². The van der Waals surface area contributed by atoms with Gasteiger partial charge in [-0.1, -0.05) is 25.1 Å². The van der Waals surface area contributed by atoms with Crippen LogP contribution in [0.3, 0.4) is 0 Å². The zero-order valence-electron chi connectivity index (χ0n) is 8.84. The topological polar surface area (TPSA) is 75.6 Å². The van der Waals surface area contributed by atoms with Crippen molar-refractivity contribution in [3.05, 3.63) is 30.3 Å². The number of nitrogens with one attached hydrogen (secondary N) is 1. The van der Waals surface area contributed by atoms with Crippen molar-refractivity contribution in [2.45, 2.75) is 19.4 Å². The summed E-state index contributed by atoms with van der Waals surface area (Å²) in [6.07, 6.45) is -0.459. The molecule has 0 aliphatic carbocycles. The van der Waals surface area contributed by atoms with Gasteiger partial charge in [0.1, 0.15) is 11.8 Å². The van der Waals surface area contributed by atoms with Crippen molar-refractivity contribution in [1.29, 1.82) is 0 Å². The van der Waals surface area contributed by atoms with Gasteiger partial charge in [0.25, 0.3) is 0 Å². The third kappa shape index (κ3) is 3.61. The number of para-hydroxylation sites is 1. The summed E-state index contributed by atoms with van der Waals surface area (Å²) in [4.78, 5) is 21.9. The SMILES string of the molecule is CCC(NC(=O)Oc1ccccc1)C(=O)O. The molecular formula is C11H13NO4. The lowest BCUT2D eigenvalue weighted by Crippen LogP contribution is -2.41. The van der Waals surface area contributed by atoms with Crippen LogP contribution in [-0.2, 0) is 4.79 Å². The summed E-state index contributed by atoms with van der Waals surface area (Å²) in [5.74, 6) is -0.701. The number of carboxylic acid groups (broad SMARTS) is 1.